The van der Waals surface area contributed by atoms with Gasteiger partial charge in [0.05, 0.1) is 38.5 Å². The molecule has 2 saturated heterocycles. The van der Waals surface area contributed by atoms with Gasteiger partial charge in [0, 0.05) is 0 Å². The number of rotatable bonds is 4. The summed E-state index contributed by atoms with van der Waals surface area (Å²) in [6, 6.07) is 0. The van der Waals surface area contributed by atoms with Gasteiger partial charge in [-0.2, -0.15) is 0 Å². The molecule has 6 rings (SSSR count). The van der Waals surface area contributed by atoms with Crippen LogP contribution in [0, 0.1) is 0 Å². The number of hydrogen-bond donors (Lipinski definition) is 8. The first-order valence-electron chi connectivity index (χ1n) is 11.3. The average Bonchev–Trinajstić information content (AvgIpc) is 3.67. The Morgan fingerprint density at radius 2 is 1.05 bits per heavy atom. The normalized spacial score (nSPS) is 28.8. The summed E-state index contributed by atoms with van der Waals surface area (Å²) in [6.07, 6.45) is -3.57. The summed E-state index contributed by atoms with van der Waals surface area (Å²) >= 11 is 0. The van der Waals surface area contributed by atoms with Crippen molar-refractivity contribution in [1.82, 2.24) is 39.0 Å². The van der Waals surface area contributed by atoms with Crippen LogP contribution in [0.5, 0.6) is 0 Å². The Labute approximate surface area is 243 Å². The third kappa shape index (κ3) is 5.98. The van der Waals surface area contributed by atoms with E-state index >= 15 is 0 Å². The molecule has 2 fully saturated rings. The molecule has 4 aromatic rings. The summed E-state index contributed by atoms with van der Waals surface area (Å²) in [5, 5.41) is 57.3. The molecule has 12 N–H and O–H groups in total. The number of nitrogens with zero attached hydrogens (tertiary/aromatic N) is 6. The fourth-order valence-electron chi connectivity index (χ4n) is 4.32. The van der Waals surface area contributed by atoms with Gasteiger partial charge in [-0.3, -0.25) is 18.7 Å². The SMILES string of the molecule is O=c1[nH]cnc2c1ncn2C1OC(CO)C(O)C1O.O=c1[nH]cnc2c1ncn2C1OC(CO)C(O)C1O.[NH2-].[NH2-].[Pt+2]. The molecule has 8 unspecified atom stereocenters. The van der Waals surface area contributed by atoms with Crippen molar-refractivity contribution in [2.24, 2.45) is 0 Å². The summed E-state index contributed by atoms with van der Waals surface area (Å²) in [5.74, 6) is 0. The Balaban J connectivity index is 0.000000267. The van der Waals surface area contributed by atoms with Gasteiger partial charge in [-0.25, -0.2) is 19.9 Å². The van der Waals surface area contributed by atoms with Crippen LogP contribution in [0.15, 0.2) is 34.9 Å². The van der Waals surface area contributed by atoms with Crippen molar-refractivity contribution in [3.05, 3.63) is 58.3 Å². The molecule has 0 saturated carbocycles. The first kappa shape index (κ1) is 34.2. The van der Waals surface area contributed by atoms with Crippen LogP contribution in [0.2, 0.25) is 0 Å². The number of imidazole rings is 2. The number of H-pyrrole nitrogens is 2. The molecule has 0 aromatic carbocycles. The fourth-order valence-corrected chi connectivity index (χ4v) is 4.32. The Morgan fingerprint density at radius 1 is 0.683 bits per heavy atom. The molecular weight excluding hydrogens is 735 g/mol. The van der Waals surface area contributed by atoms with E-state index < -0.39 is 73.4 Å². The summed E-state index contributed by atoms with van der Waals surface area (Å²) < 4.78 is 13.4. The molecule has 8 atom stereocenters. The zero-order valence-corrected chi connectivity index (χ0v) is 23.1. The van der Waals surface area contributed by atoms with Crippen LogP contribution in [0.1, 0.15) is 12.5 Å². The molecule has 41 heavy (non-hydrogen) atoms. The summed E-state index contributed by atoms with van der Waals surface area (Å²) in [6.45, 7) is -0.843. The van der Waals surface area contributed by atoms with Crippen molar-refractivity contribution in [3.63, 3.8) is 0 Å². The number of aromatic amines is 2. The minimum absolute atomic E-state index is 0. The van der Waals surface area contributed by atoms with Gasteiger partial charge < -0.3 is 62.4 Å². The number of nitrogens with one attached hydrogen (secondary N) is 2. The molecule has 4 aromatic heterocycles. The molecule has 228 valence electrons. The van der Waals surface area contributed by atoms with Crippen LogP contribution in [-0.2, 0) is 30.5 Å². The number of fused-ring (bicyclic) bond motifs is 2. The van der Waals surface area contributed by atoms with Gasteiger partial charge in [0.25, 0.3) is 11.1 Å². The van der Waals surface area contributed by atoms with Gasteiger partial charge in [-0.1, -0.05) is 0 Å². The summed E-state index contributed by atoms with van der Waals surface area (Å²) in [5.41, 5.74) is -0.122. The van der Waals surface area contributed by atoms with Crippen LogP contribution < -0.4 is 11.1 Å². The number of nitrogens with two attached hydrogens (primary N) is 2. The van der Waals surface area contributed by atoms with E-state index in [1.54, 1.807) is 0 Å². The second kappa shape index (κ2) is 13.8. The van der Waals surface area contributed by atoms with E-state index in [1.807, 2.05) is 0 Å². The van der Waals surface area contributed by atoms with Gasteiger partial charge in [-0.15, -0.1) is 0 Å². The quantitative estimate of drug-likeness (QED) is 0.102. The predicted molar refractivity (Wildman–Crippen MR) is 133 cm³/mol. The first-order valence-corrected chi connectivity index (χ1v) is 11.3. The molecule has 0 radical (unpaired) electrons. The van der Waals surface area contributed by atoms with Gasteiger partial charge in [-0.05, 0) is 0 Å². The smallest absolute Gasteiger partial charge is 0.693 e. The number of ether oxygens (including phenoxy) is 2. The van der Waals surface area contributed by atoms with E-state index in [1.165, 1.54) is 34.4 Å². The summed E-state index contributed by atoms with van der Waals surface area (Å²) in [7, 11) is 0. The Hall–Kier alpha value is -3.01. The van der Waals surface area contributed by atoms with Crippen molar-refractivity contribution in [1.29, 1.82) is 0 Å². The number of aromatic nitrogens is 8. The van der Waals surface area contributed by atoms with Gasteiger partial charge in [0.15, 0.2) is 34.8 Å². The molecule has 0 aliphatic carbocycles. The molecule has 6 heterocycles. The van der Waals surface area contributed by atoms with Crippen molar-refractivity contribution in [3.8, 4) is 0 Å². The Kier molecular flexibility index (Phi) is 11.5. The first-order chi connectivity index (χ1) is 18.3. The van der Waals surface area contributed by atoms with Gasteiger partial charge in [0.1, 0.15) is 36.6 Å². The van der Waals surface area contributed by atoms with E-state index in [2.05, 4.69) is 29.9 Å². The Morgan fingerprint density at radius 3 is 1.37 bits per heavy atom. The third-order valence-corrected chi connectivity index (χ3v) is 6.31. The number of aliphatic hydroxyl groups excluding tert-OH is 6. The van der Waals surface area contributed by atoms with E-state index in [9.17, 15) is 30.0 Å². The monoisotopic (exact) mass is 763 g/mol. The third-order valence-electron chi connectivity index (χ3n) is 6.31. The maximum Gasteiger partial charge on any atom is 2.00 e. The summed E-state index contributed by atoms with van der Waals surface area (Å²) in [4.78, 5) is 43.5. The van der Waals surface area contributed by atoms with Crippen LogP contribution in [0.3, 0.4) is 0 Å². The molecule has 0 amide bonds. The van der Waals surface area contributed by atoms with Crippen LogP contribution >= 0.6 is 0 Å². The van der Waals surface area contributed by atoms with E-state index in [4.69, 9.17) is 19.7 Å². The number of aliphatic hydroxyl groups is 6. The molecule has 0 bridgehead atoms. The van der Waals surface area contributed by atoms with Crippen LogP contribution in [-0.4, -0.2) is 120 Å². The van der Waals surface area contributed by atoms with E-state index in [-0.39, 0.29) is 55.7 Å². The Bertz CT molecular complexity index is 1430. The minimum Gasteiger partial charge on any atom is -0.693 e. The van der Waals surface area contributed by atoms with E-state index in [0.29, 0.717) is 0 Å². The van der Waals surface area contributed by atoms with Crippen LogP contribution in [0.25, 0.3) is 34.6 Å². The maximum absolute atomic E-state index is 11.5. The largest absolute Gasteiger partial charge is 2.00 e. The second-order valence-electron chi connectivity index (χ2n) is 8.57. The van der Waals surface area contributed by atoms with Crippen molar-refractivity contribution in [2.45, 2.75) is 49.1 Å². The number of hydrogen-bond acceptors (Lipinski definition) is 14. The second-order valence-corrected chi connectivity index (χ2v) is 8.57. The van der Waals surface area contributed by atoms with E-state index in [0.717, 1.165) is 0 Å². The average molecular weight is 764 g/mol. The molecular formula is C20H28N10O10Pt. The molecule has 20 nitrogen and oxygen atoms in total. The zero-order chi connectivity index (χ0) is 27.1. The minimum atomic E-state index is -1.24. The van der Waals surface area contributed by atoms with Crippen molar-refractivity contribution >= 4 is 22.3 Å². The maximum atomic E-state index is 11.5. The molecule has 0 spiro atoms. The molecule has 21 heteroatoms. The fraction of sp³-hybridized carbons (Fsp3) is 0.500. The standard InChI is InChI=1S/2C10H12N4O5.2H2N.Pt/c2*15-1-4-6(16)7(17)10(19-4)14-3-13-5-8(14)11-2-12-9(5)18;;;/h2*2-4,6-7,10,15-17H,1H2,(H,11,12,18);2*1H2;/q;;2*-1;+2. The predicted octanol–water partition coefficient (Wildman–Crippen LogP) is -3.11. The van der Waals surface area contributed by atoms with Crippen LogP contribution in [0.4, 0.5) is 0 Å². The topological polar surface area (TPSA) is 334 Å². The van der Waals surface area contributed by atoms with Gasteiger partial charge >= 0.3 is 21.1 Å². The van der Waals surface area contributed by atoms with Gasteiger partial charge in [0.2, 0.25) is 0 Å². The zero-order valence-electron chi connectivity index (χ0n) is 20.8. The molecule has 2 aliphatic heterocycles. The van der Waals surface area contributed by atoms with Crippen molar-refractivity contribution in [2.75, 3.05) is 13.2 Å². The molecule has 2 aliphatic rings. The van der Waals surface area contributed by atoms with Crippen molar-refractivity contribution < 1.29 is 61.2 Å².